The Hall–Kier alpha value is -4.18. The highest BCUT2D eigenvalue weighted by Crippen LogP contribution is 2.24. The average Bonchev–Trinajstić information content (AvgIpc) is 2.95. The number of H-pyrrole nitrogens is 1. The number of rotatable bonds is 4. The first-order valence-corrected chi connectivity index (χ1v) is 12.8. The van der Waals surface area contributed by atoms with E-state index < -0.39 is 5.82 Å². The molecule has 1 saturated heterocycles. The number of anilines is 1. The van der Waals surface area contributed by atoms with Gasteiger partial charge in [0.2, 0.25) is 5.95 Å². The normalized spacial score (nSPS) is 16.1. The van der Waals surface area contributed by atoms with Gasteiger partial charge in [0.05, 0.1) is 22.3 Å². The number of amides is 1. The number of piperazine rings is 1. The Balaban J connectivity index is 1.21. The van der Waals surface area contributed by atoms with Crippen LogP contribution in [0.25, 0.3) is 10.8 Å². The molecule has 4 heterocycles. The number of fused-ring (bicyclic) bond motifs is 2. The molecule has 0 saturated carbocycles. The second kappa shape index (κ2) is 9.94. The van der Waals surface area contributed by atoms with Crippen molar-refractivity contribution in [3.05, 3.63) is 92.9 Å². The summed E-state index contributed by atoms with van der Waals surface area (Å²) in [6.45, 7) is 4.53. The van der Waals surface area contributed by atoms with Crippen LogP contribution in [0.5, 0.6) is 0 Å². The highest BCUT2D eigenvalue weighted by molar-refractivity contribution is 5.95. The topological polar surface area (TPSA) is 98.3 Å². The van der Waals surface area contributed by atoms with Crippen molar-refractivity contribution in [1.82, 2.24) is 30.0 Å². The van der Waals surface area contributed by atoms with Gasteiger partial charge in [-0.2, -0.15) is 5.10 Å². The largest absolute Gasteiger partial charge is 0.338 e. The quantitative estimate of drug-likeness (QED) is 0.448. The molecule has 2 aromatic heterocycles. The molecule has 38 heavy (non-hydrogen) atoms. The lowest BCUT2D eigenvalue weighted by atomic mass is 10.0. The second-order valence-electron chi connectivity index (χ2n) is 9.94. The van der Waals surface area contributed by atoms with E-state index in [4.69, 9.17) is 4.98 Å². The molecule has 0 atom stereocenters. The third kappa shape index (κ3) is 4.63. The number of aromatic nitrogens is 4. The van der Waals surface area contributed by atoms with E-state index in [1.165, 1.54) is 6.07 Å². The van der Waals surface area contributed by atoms with Crippen molar-refractivity contribution in [2.45, 2.75) is 19.4 Å². The van der Waals surface area contributed by atoms with Crippen LogP contribution in [-0.4, -0.2) is 75.6 Å². The summed E-state index contributed by atoms with van der Waals surface area (Å²) in [5.74, 6) is -0.193. The van der Waals surface area contributed by atoms with Gasteiger partial charge in [0.1, 0.15) is 5.82 Å². The second-order valence-corrected chi connectivity index (χ2v) is 9.94. The van der Waals surface area contributed by atoms with Crippen molar-refractivity contribution < 1.29 is 9.18 Å². The smallest absolute Gasteiger partial charge is 0.272 e. The van der Waals surface area contributed by atoms with E-state index in [-0.39, 0.29) is 17.0 Å². The Morgan fingerprint density at radius 1 is 1.05 bits per heavy atom. The Labute approximate surface area is 218 Å². The third-order valence-corrected chi connectivity index (χ3v) is 7.40. The van der Waals surface area contributed by atoms with E-state index in [0.29, 0.717) is 37.0 Å². The molecule has 2 aliphatic rings. The number of hydrogen-bond acceptors (Lipinski definition) is 7. The van der Waals surface area contributed by atoms with E-state index in [1.54, 1.807) is 35.4 Å². The predicted octanol–water partition coefficient (Wildman–Crippen LogP) is 2.39. The molecule has 1 fully saturated rings. The van der Waals surface area contributed by atoms with Crippen molar-refractivity contribution in [2.24, 2.45) is 0 Å². The molecule has 2 aliphatic heterocycles. The monoisotopic (exact) mass is 513 g/mol. The SMILES string of the molecule is CN1CCN(c2ncc3c(n2)CCN(C(=O)c2cc(Cc4n[nH]c(=O)c5ccccc45)ccc2F)C3)CC1. The van der Waals surface area contributed by atoms with Crippen LogP contribution in [0, 0.1) is 5.82 Å². The minimum atomic E-state index is -0.564. The predicted molar refractivity (Wildman–Crippen MR) is 142 cm³/mol. The van der Waals surface area contributed by atoms with Crippen molar-refractivity contribution >= 4 is 22.6 Å². The summed E-state index contributed by atoms with van der Waals surface area (Å²) in [6, 6.07) is 11.8. The first-order valence-electron chi connectivity index (χ1n) is 12.8. The number of benzene rings is 2. The fourth-order valence-corrected chi connectivity index (χ4v) is 5.15. The number of nitrogens with one attached hydrogen (secondary N) is 1. The fourth-order valence-electron chi connectivity index (χ4n) is 5.15. The summed E-state index contributed by atoms with van der Waals surface area (Å²) in [6.07, 6.45) is 2.75. The lowest BCUT2D eigenvalue weighted by molar-refractivity contribution is 0.0728. The van der Waals surface area contributed by atoms with E-state index in [1.807, 2.05) is 12.1 Å². The Morgan fingerprint density at radius 2 is 1.84 bits per heavy atom. The van der Waals surface area contributed by atoms with E-state index in [9.17, 15) is 14.0 Å². The van der Waals surface area contributed by atoms with Gasteiger partial charge in [-0.3, -0.25) is 9.59 Å². The Bertz CT molecular complexity index is 1580. The van der Waals surface area contributed by atoms with Crippen LogP contribution >= 0.6 is 0 Å². The third-order valence-electron chi connectivity index (χ3n) is 7.40. The van der Waals surface area contributed by atoms with Crippen LogP contribution in [0.15, 0.2) is 53.5 Å². The number of likely N-dealkylation sites (N-methyl/N-ethyl adjacent to an activating group) is 1. The van der Waals surface area contributed by atoms with Crippen LogP contribution < -0.4 is 10.5 Å². The summed E-state index contributed by atoms with van der Waals surface area (Å²) >= 11 is 0. The maximum absolute atomic E-state index is 14.9. The zero-order valence-corrected chi connectivity index (χ0v) is 21.2. The van der Waals surface area contributed by atoms with Crippen LogP contribution in [0.3, 0.4) is 0 Å². The van der Waals surface area contributed by atoms with Gasteiger partial charge >= 0.3 is 0 Å². The standard InChI is InChI=1S/C28H28FN7O2/c1-34-10-12-35(13-11-34)28-30-16-19-17-36(9-8-24(19)31-28)27(38)22-14-18(6-7-23(22)29)15-25-20-4-2-3-5-21(20)26(37)33-32-25/h2-7,14,16H,8-13,15,17H2,1H3,(H,33,37). The van der Waals surface area contributed by atoms with Crippen LogP contribution in [0.2, 0.25) is 0 Å². The van der Waals surface area contributed by atoms with Gasteiger partial charge in [-0.05, 0) is 30.8 Å². The van der Waals surface area contributed by atoms with Gasteiger partial charge in [0.15, 0.2) is 0 Å². The number of carbonyl (C=O) groups excluding carboxylic acids is 1. The molecular formula is C28H28FN7O2. The van der Waals surface area contributed by atoms with E-state index in [0.717, 1.165) is 54.3 Å². The summed E-state index contributed by atoms with van der Waals surface area (Å²) in [7, 11) is 2.11. The summed E-state index contributed by atoms with van der Waals surface area (Å²) in [5.41, 5.74) is 2.99. The molecular weight excluding hydrogens is 485 g/mol. The minimum absolute atomic E-state index is 0.0228. The minimum Gasteiger partial charge on any atom is -0.338 e. The molecule has 2 aromatic carbocycles. The highest BCUT2D eigenvalue weighted by atomic mass is 19.1. The van der Waals surface area contributed by atoms with Gasteiger partial charge in [-0.15, -0.1) is 0 Å². The average molecular weight is 514 g/mol. The van der Waals surface area contributed by atoms with Gasteiger partial charge in [0, 0.05) is 69.3 Å². The van der Waals surface area contributed by atoms with E-state index in [2.05, 4.69) is 32.0 Å². The maximum Gasteiger partial charge on any atom is 0.272 e. The molecule has 0 unspecified atom stereocenters. The molecule has 10 heteroatoms. The van der Waals surface area contributed by atoms with E-state index >= 15 is 0 Å². The number of halogens is 1. The molecule has 0 bridgehead atoms. The van der Waals surface area contributed by atoms with Crippen LogP contribution in [-0.2, 0) is 19.4 Å². The summed E-state index contributed by atoms with van der Waals surface area (Å²) < 4.78 is 14.9. The number of aromatic amines is 1. The van der Waals surface area contributed by atoms with Crippen molar-refractivity contribution in [3.63, 3.8) is 0 Å². The summed E-state index contributed by atoms with van der Waals surface area (Å²) in [4.78, 5) is 41.0. The fraction of sp³-hybridized carbons (Fsp3) is 0.321. The van der Waals surface area contributed by atoms with Crippen molar-refractivity contribution in [1.29, 1.82) is 0 Å². The van der Waals surface area contributed by atoms with Gasteiger partial charge < -0.3 is 14.7 Å². The first-order chi connectivity index (χ1) is 18.5. The molecule has 0 aliphatic carbocycles. The van der Waals surface area contributed by atoms with Gasteiger partial charge in [-0.1, -0.05) is 24.3 Å². The first kappa shape index (κ1) is 24.2. The Kier molecular flexibility index (Phi) is 6.32. The molecule has 6 rings (SSSR count). The molecule has 0 spiro atoms. The molecule has 1 N–H and O–H groups in total. The highest BCUT2D eigenvalue weighted by Gasteiger charge is 2.26. The maximum atomic E-state index is 14.9. The molecule has 1 amide bonds. The van der Waals surface area contributed by atoms with Crippen molar-refractivity contribution in [3.8, 4) is 0 Å². The van der Waals surface area contributed by atoms with Crippen LogP contribution in [0.1, 0.15) is 32.9 Å². The van der Waals surface area contributed by atoms with Gasteiger partial charge in [-0.25, -0.2) is 19.5 Å². The summed E-state index contributed by atoms with van der Waals surface area (Å²) in [5, 5.41) is 8.02. The number of nitrogens with zero attached hydrogens (tertiary/aromatic N) is 6. The lowest BCUT2D eigenvalue weighted by Crippen LogP contribution is -2.45. The van der Waals surface area contributed by atoms with Gasteiger partial charge in [0.25, 0.3) is 11.5 Å². The molecule has 9 nitrogen and oxygen atoms in total. The zero-order chi connectivity index (χ0) is 26.2. The molecule has 0 radical (unpaired) electrons. The number of hydrogen-bond donors (Lipinski definition) is 1. The molecule has 194 valence electrons. The zero-order valence-electron chi connectivity index (χ0n) is 21.2. The van der Waals surface area contributed by atoms with Crippen LogP contribution in [0.4, 0.5) is 10.3 Å². The lowest BCUT2D eigenvalue weighted by Gasteiger charge is -2.33. The van der Waals surface area contributed by atoms with Crippen molar-refractivity contribution in [2.75, 3.05) is 44.7 Å². The molecule has 4 aromatic rings. The Morgan fingerprint density at radius 3 is 2.66 bits per heavy atom. The number of carbonyl (C=O) groups is 1.